The molecule has 3 heterocycles. The fraction of sp³-hybridized carbons (Fsp3) is 0.150. The van der Waals surface area contributed by atoms with Crippen LogP contribution in [0.4, 0.5) is 0 Å². The van der Waals surface area contributed by atoms with E-state index < -0.39 is 0 Å². The van der Waals surface area contributed by atoms with Gasteiger partial charge in [0.15, 0.2) is 0 Å². The Bertz CT molecular complexity index is 1060. The van der Waals surface area contributed by atoms with Gasteiger partial charge in [-0.15, -0.1) is 6.07 Å². The average molecular weight is 491 g/mol. The van der Waals surface area contributed by atoms with Crippen molar-refractivity contribution in [1.82, 2.24) is 15.0 Å². The van der Waals surface area contributed by atoms with Crippen LogP contribution in [0, 0.1) is 26.8 Å². The van der Waals surface area contributed by atoms with Crippen molar-refractivity contribution < 1.29 is 20.1 Å². The number of nitrogens with zero attached hydrogens (tertiary/aromatic N) is 3. The summed E-state index contributed by atoms with van der Waals surface area (Å²) >= 11 is 0. The van der Waals surface area contributed by atoms with Gasteiger partial charge in [0.05, 0.1) is 0 Å². The molecule has 4 aromatic rings. The molecule has 0 unspecified atom stereocenters. The van der Waals surface area contributed by atoms with Crippen LogP contribution in [0.15, 0.2) is 42.6 Å². The summed E-state index contributed by atoms with van der Waals surface area (Å²) in [6.07, 6.45) is 1.85. The van der Waals surface area contributed by atoms with Gasteiger partial charge < -0.3 is 4.98 Å². The van der Waals surface area contributed by atoms with E-state index in [-0.39, 0.29) is 20.1 Å². The Kier molecular flexibility index (Phi) is 4.44. The molecule has 1 aromatic carbocycles. The molecule has 1 radical (unpaired) electrons. The van der Waals surface area contributed by atoms with Gasteiger partial charge in [-0.25, -0.2) is 0 Å². The molecular formula is C20H16IrN3-. The molecule has 0 amide bonds. The van der Waals surface area contributed by atoms with Crippen LogP contribution in [0.3, 0.4) is 0 Å². The van der Waals surface area contributed by atoms with Crippen LogP contribution < -0.4 is 0 Å². The average Bonchev–Trinajstić information content (AvgIpc) is 2.54. The van der Waals surface area contributed by atoms with Gasteiger partial charge in [-0.3, -0.25) is 9.97 Å². The van der Waals surface area contributed by atoms with Crippen LogP contribution in [0.1, 0.15) is 17.1 Å². The number of aryl methyl sites for hydroxylation is 3. The summed E-state index contributed by atoms with van der Waals surface area (Å²) in [6, 6.07) is 15.5. The number of rotatable bonds is 1. The van der Waals surface area contributed by atoms with Gasteiger partial charge in [0.25, 0.3) is 0 Å². The second kappa shape index (κ2) is 6.39. The quantitative estimate of drug-likeness (QED) is 0.290. The van der Waals surface area contributed by atoms with Crippen molar-refractivity contribution >= 4 is 21.5 Å². The standard InChI is InChI=1S/C20H16N3.Ir/c1-12-5-4-6-19(23-12)20-17-8-7-15-14(3)22-13(2)11-18(15)16(17)9-10-21-20;/h4-5,7-11H,1-3H3;/q-1;. The molecule has 3 aromatic heterocycles. The number of hydrogen-bond donors (Lipinski definition) is 0. The smallest absolute Gasteiger partial charge is 0.0454 e. The van der Waals surface area contributed by atoms with Crippen LogP contribution in [-0.4, -0.2) is 15.0 Å². The first-order valence-electron chi connectivity index (χ1n) is 7.65. The monoisotopic (exact) mass is 491 g/mol. The molecule has 24 heavy (non-hydrogen) atoms. The molecule has 0 bridgehead atoms. The summed E-state index contributed by atoms with van der Waals surface area (Å²) in [7, 11) is 0. The largest absolute Gasteiger partial charge is 0.317 e. The fourth-order valence-electron chi connectivity index (χ4n) is 3.11. The number of benzene rings is 1. The third kappa shape index (κ3) is 2.72. The minimum Gasteiger partial charge on any atom is -0.317 e. The van der Waals surface area contributed by atoms with E-state index in [2.05, 4.69) is 52.2 Å². The van der Waals surface area contributed by atoms with Gasteiger partial charge in [0.2, 0.25) is 0 Å². The molecule has 0 aliphatic heterocycles. The second-order valence-corrected chi connectivity index (χ2v) is 5.84. The van der Waals surface area contributed by atoms with E-state index in [1.807, 2.05) is 32.2 Å². The summed E-state index contributed by atoms with van der Waals surface area (Å²) in [5.74, 6) is 0. The van der Waals surface area contributed by atoms with E-state index >= 15 is 0 Å². The molecule has 0 saturated carbocycles. The molecule has 4 rings (SSSR count). The molecule has 0 aliphatic carbocycles. The molecule has 0 spiro atoms. The van der Waals surface area contributed by atoms with Gasteiger partial charge in [-0.05, 0) is 66.1 Å². The number of fused-ring (bicyclic) bond motifs is 3. The Morgan fingerprint density at radius 2 is 1.58 bits per heavy atom. The van der Waals surface area contributed by atoms with E-state index in [0.29, 0.717) is 0 Å². The molecular weight excluding hydrogens is 474 g/mol. The molecule has 0 fully saturated rings. The van der Waals surface area contributed by atoms with E-state index in [0.717, 1.165) is 33.9 Å². The Morgan fingerprint density at radius 1 is 0.792 bits per heavy atom. The van der Waals surface area contributed by atoms with Crippen molar-refractivity contribution in [2.75, 3.05) is 0 Å². The van der Waals surface area contributed by atoms with Gasteiger partial charge in [-0.2, -0.15) is 12.1 Å². The second-order valence-electron chi connectivity index (χ2n) is 5.84. The normalized spacial score (nSPS) is 10.8. The Morgan fingerprint density at radius 3 is 2.38 bits per heavy atom. The van der Waals surface area contributed by atoms with Crippen LogP contribution in [0.5, 0.6) is 0 Å². The van der Waals surface area contributed by atoms with E-state index in [1.54, 1.807) is 0 Å². The van der Waals surface area contributed by atoms with Crippen LogP contribution in [-0.2, 0) is 20.1 Å². The third-order valence-electron chi connectivity index (χ3n) is 4.13. The van der Waals surface area contributed by atoms with Crippen LogP contribution in [0.2, 0.25) is 0 Å². The third-order valence-corrected chi connectivity index (χ3v) is 4.13. The zero-order valence-corrected chi connectivity index (χ0v) is 16.1. The van der Waals surface area contributed by atoms with E-state index in [9.17, 15) is 0 Å². The Hall–Kier alpha value is -2.16. The van der Waals surface area contributed by atoms with Crippen LogP contribution >= 0.6 is 0 Å². The summed E-state index contributed by atoms with van der Waals surface area (Å²) in [6.45, 7) is 6.07. The van der Waals surface area contributed by atoms with E-state index in [4.69, 9.17) is 0 Å². The topological polar surface area (TPSA) is 38.7 Å². The Balaban J connectivity index is 0.00000169. The number of hydrogen-bond acceptors (Lipinski definition) is 3. The summed E-state index contributed by atoms with van der Waals surface area (Å²) < 4.78 is 0. The summed E-state index contributed by atoms with van der Waals surface area (Å²) in [5, 5.41) is 4.67. The number of aromatic nitrogens is 3. The maximum absolute atomic E-state index is 4.58. The fourth-order valence-corrected chi connectivity index (χ4v) is 3.11. The Labute approximate surface area is 154 Å². The maximum atomic E-state index is 4.58. The molecule has 121 valence electrons. The van der Waals surface area contributed by atoms with Crippen molar-refractivity contribution in [3.8, 4) is 11.4 Å². The molecule has 0 atom stereocenters. The van der Waals surface area contributed by atoms with Crippen molar-refractivity contribution in [2.24, 2.45) is 0 Å². The molecule has 0 saturated heterocycles. The summed E-state index contributed by atoms with van der Waals surface area (Å²) in [4.78, 5) is 13.7. The molecule has 4 heteroatoms. The van der Waals surface area contributed by atoms with Crippen LogP contribution in [0.25, 0.3) is 32.9 Å². The molecule has 3 nitrogen and oxygen atoms in total. The van der Waals surface area contributed by atoms with Gasteiger partial charge >= 0.3 is 0 Å². The first-order chi connectivity index (χ1) is 11.1. The zero-order valence-electron chi connectivity index (χ0n) is 13.7. The summed E-state index contributed by atoms with van der Waals surface area (Å²) in [5.41, 5.74) is 4.72. The predicted octanol–water partition coefficient (Wildman–Crippen LogP) is 4.57. The van der Waals surface area contributed by atoms with E-state index in [1.165, 1.54) is 16.2 Å². The molecule has 0 aliphatic rings. The number of pyridine rings is 3. The zero-order chi connectivity index (χ0) is 16.0. The van der Waals surface area contributed by atoms with Gasteiger partial charge in [0, 0.05) is 43.1 Å². The van der Waals surface area contributed by atoms with Gasteiger partial charge in [-0.1, -0.05) is 12.1 Å². The minimum absolute atomic E-state index is 0. The van der Waals surface area contributed by atoms with Crippen molar-refractivity contribution in [2.45, 2.75) is 20.8 Å². The first-order valence-corrected chi connectivity index (χ1v) is 7.65. The SMILES string of the molecule is Cc1cc[c-]c(-c2nccc3c2ccc2c(C)nc(C)cc23)n1.[Ir]. The van der Waals surface area contributed by atoms with Crippen molar-refractivity contribution in [3.05, 3.63) is 65.7 Å². The molecule has 0 N–H and O–H groups in total. The maximum Gasteiger partial charge on any atom is 0.0454 e. The van der Waals surface area contributed by atoms with Crippen molar-refractivity contribution in [1.29, 1.82) is 0 Å². The van der Waals surface area contributed by atoms with Gasteiger partial charge in [0.1, 0.15) is 0 Å². The first kappa shape index (κ1) is 16.7. The van der Waals surface area contributed by atoms with Crippen molar-refractivity contribution in [3.63, 3.8) is 0 Å². The predicted molar refractivity (Wildman–Crippen MR) is 93.3 cm³/mol. The minimum atomic E-state index is 0.